The van der Waals surface area contributed by atoms with Crippen molar-refractivity contribution in [2.75, 3.05) is 13.7 Å². The molecule has 34 heavy (non-hydrogen) atoms. The molecule has 2 heterocycles. The molecule has 2 aromatic carbocycles. The van der Waals surface area contributed by atoms with Crippen LogP contribution in [0.15, 0.2) is 73.1 Å². The van der Waals surface area contributed by atoms with Crippen LogP contribution in [0, 0.1) is 0 Å². The van der Waals surface area contributed by atoms with E-state index in [1.807, 2.05) is 0 Å². The molecule has 2 aromatic heterocycles. The number of rotatable bonds is 6. The largest absolute Gasteiger partial charge is 0.497 e. The quantitative estimate of drug-likeness (QED) is 0.426. The second-order valence-electron chi connectivity index (χ2n) is 7.51. The van der Waals surface area contributed by atoms with E-state index in [4.69, 9.17) is 4.74 Å². The fourth-order valence-electron chi connectivity index (χ4n) is 3.56. The van der Waals surface area contributed by atoms with Crippen molar-refractivity contribution in [1.82, 2.24) is 15.3 Å². The molecule has 0 aliphatic heterocycles. The van der Waals surface area contributed by atoms with E-state index in [0.29, 0.717) is 33.5 Å². The van der Waals surface area contributed by atoms with Crippen LogP contribution in [0.3, 0.4) is 0 Å². The Bertz CT molecular complexity index is 1310. The van der Waals surface area contributed by atoms with Crippen LogP contribution in [0.4, 0.5) is 13.2 Å². The average Bonchev–Trinajstić information content (AvgIpc) is 2.86. The van der Waals surface area contributed by atoms with Crippen LogP contribution in [-0.2, 0) is 6.18 Å². The molecular formula is C25H20F3N3O3. The van der Waals surface area contributed by atoms with Gasteiger partial charge in [0.05, 0.1) is 42.1 Å². The minimum Gasteiger partial charge on any atom is -0.497 e. The molecule has 0 aliphatic rings. The van der Waals surface area contributed by atoms with Gasteiger partial charge in [-0.2, -0.15) is 13.2 Å². The maximum atomic E-state index is 12.9. The van der Waals surface area contributed by atoms with Crippen LogP contribution < -0.4 is 10.1 Å². The first-order valence-corrected chi connectivity index (χ1v) is 10.3. The molecule has 6 nitrogen and oxygen atoms in total. The number of methoxy groups -OCH3 is 1. The van der Waals surface area contributed by atoms with Crippen molar-refractivity contribution in [3.63, 3.8) is 0 Å². The number of hydrogen-bond acceptors (Lipinski definition) is 5. The van der Waals surface area contributed by atoms with Gasteiger partial charge in [0.15, 0.2) is 0 Å². The molecule has 0 bridgehead atoms. The summed E-state index contributed by atoms with van der Waals surface area (Å²) in [5.41, 5.74) is 1.60. The number of aliphatic hydroxyl groups excluding tert-OH is 1. The molecule has 9 heteroatoms. The average molecular weight is 467 g/mol. The lowest BCUT2D eigenvalue weighted by atomic mass is 9.99. The SMILES string of the molecule is COc1cc(-c2ccc(C(F)(F)F)cc2)c2ncc(C(=O)NC(CO)c3ccccn3)cc2c1. The van der Waals surface area contributed by atoms with Crippen molar-refractivity contribution in [2.24, 2.45) is 0 Å². The van der Waals surface area contributed by atoms with Crippen molar-refractivity contribution in [2.45, 2.75) is 12.2 Å². The number of hydrogen-bond donors (Lipinski definition) is 2. The molecule has 0 saturated heterocycles. The van der Waals surface area contributed by atoms with Crippen molar-refractivity contribution < 1.29 is 27.8 Å². The number of halogens is 3. The second-order valence-corrected chi connectivity index (χ2v) is 7.51. The normalized spacial score (nSPS) is 12.4. The second kappa shape index (κ2) is 9.48. The number of nitrogens with zero attached hydrogens (tertiary/aromatic N) is 2. The van der Waals surface area contributed by atoms with E-state index < -0.39 is 23.7 Å². The van der Waals surface area contributed by atoms with E-state index >= 15 is 0 Å². The van der Waals surface area contributed by atoms with Crippen molar-refractivity contribution in [3.05, 3.63) is 89.9 Å². The summed E-state index contributed by atoms with van der Waals surface area (Å²) in [6.07, 6.45) is -1.49. The van der Waals surface area contributed by atoms with E-state index in [-0.39, 0.29) is 12.2 Å². The molecule has 0 saturated carbocycles. The van der Waals surface area contributed by atoms with Crippen molar-refractivity contribution in [3.8, 4) is 16.9 Å². The number of amides is 1. The molecule has 1 atom stereocenters. The van der Waals surface area contributed by atoms with E-state index in [9.17, 15) is 23.1 Å². The molecule has 174 valence electrons. The van der Waals surface area contributed by atoms with Gasteiger partial charge in [-0.25, -0.2) is 0 Å². The van der Waals surface area contributed by atoms with E-state index in [1.54, 1.807) is 42.6 Å². The molecule has 1 amide bonds. The Kier molecular flexibility index (Phi) is 6.47. The highest BCUT2D eigenvalue weighted by Crippen LogP contribution is 2.35. The van der Waals surface area contributed by atoms with Crippen molar-refractivity contribution >= 4 is 16.8 Å². The summed E-state index contributed by atoms with van der Waals surface area (Å²) >= 11 is 0. The highest BCUT2D eigenvalue weighted by Gasteiger charge is 2.30. The molecule has 4 aromatic rings. The number of ether oxygens (including phenoxy) is 1. The number of benzene rings is 2. The molecule has 0 fully saturated rings. The number of aromatic nitrogens is 2. The number of carbonyl (C=O) groups excluding carboxylic acids is 1. The van der Waals surface area contributed by atoms with Crippen LogP contribution >= 0.6 is 0 Å². The minimum absolute atomic E-state index is 0.244. The molecule has 1 unspecified atom stereocenters. The molecule has 0 radical (unpaired) electrons. The summed E-state index contributed by atoms with van der Waals surface area (Å²) in [5.74, 6) is 0.00137. The van der Waals surface area contributed by atoms with Gasteiger partial charge in [-0.15, -0.1) is 0 Å². The smallest absolute Gasteiger partial charge is 0.416 e. The summed E-state index contributed by atoms with van der Waals surface area (Å²) in [7, 11) is 1.47. The third-order valence-corrected chi connectivity index (χ3v) is 5.31. The van der Waals surface area contributed by atoms with Crippen LogP contribution in [0.2, 0.25) is 0 Å². The fourth-order valence-corrected chi connectivity index (χ4v) is 3.56. The van der Waals surface area contributed by atoms with Crippen LogP contribution in [0.5, 0.6) is 5.75 Å². The molecule has 0 aliphatic carbocycles. The lowest BCUT2D eigenvalue weighted by Gasteiger charge is -2.16. The van der Waals surface area contributed by atoms with Gasteiger partial charge < -0.3 is 15.2 Å². The maximum Gasteiger partial charge on any atom is 0.416 e. The Hall–Kier alpha value is -3.98. The highest BCUT2D eigenvalue weighted by molar-refractivity contribution is 6.01. The number of aliphatic hydroxyl groups is 1. The topological polar surface area (TPSA) is 84.3 Å². The first-order chi connectivity index (χ1) is 16.3. The Morgan fingerprint density at radius 1 is 1.09 bits per heavy atom. The van der Waals surface area contributed by atoms with Gasteiger partial charge in [0, 0.05) is 23.3 Å². The lowest BCUT2D eigenvalue weighted by Crippen LogP contribution is -2.31. The van der Waals surface area contributed by atoms with Crippen LogP contribution in [0.25, 0.3) is 22.0 Å². The predicted molar refractivity (Wildman–Crippen MR) is 120 cm³/mol. The molecule has 4 rings (SSSR count). The van der Waals surface area contributed by atoms with Gasteiger partial charge in [0.1, 0.15) is 5.75 Å². The number of fused-ring (bicyclic) bond motifs is 1. The lowest BCUT2D eigenvalue weighted by molar-refractivity contribution is -0.137. The van der Waals surface area contributed by atoms with Gasteiger partial charge in [-0.3, -0.25) is 14.8 Å². The Morgan fingerprint density at radius 3 is 2.47 bits per heavy atom. The zero-order chi connectivity index (χ0) is 24.3. The summed E-state index contributed by atoms with van der Waals surface area (Å²) in [6.45, 7) is -0.338. The molecule has 0 spiro atoms. The summed E-state index contributed by atoms with van der Waals surface area (Å²) in [5, 5.41) is 13.0. The Labute approximate surface area is 193 Å². The van der Waals surface area contributed by atoms with Gasteiger partial charge in [-0.1, -0.05) is 18.2 Å². The Balaban J connectivity index is 1.69. The fraction of sp³-hybridized carbons (Fsp3) is 0.160. The van der Waals surface area contributed by atoms with Gasteiger partial charge in [0.2, 0.25) is 0 Å². The Morgan fingerprint density at radius 2 is 1.85 bits per heavy atom. The summed E-state index contributed by atoms with van der Waals surface area (Å²) in [4.78, 5) is 21.4. The summed E-state index contributed by atoms with van der Waals surface area (Å²) < 4.78 is 44.2. The van der Waals surface area contributed by atoms with Crippen LogP contribution in [-0.4, -0.2) is 34.7 Å². The van der Waals surface area contributed by atoms with E-state index in [2.05, 4.69) is 15.3 Å². The molecular weight excluding hydrogens is 447 g/mol. The van der Waals surface area contributed by atoms with Gasteiger partial charge in [0.25, 0.3) is 5.91 Å². The van der Waals surface area contributed by atoms with Gasteiger partial charge >= 0.3 is 6.18 Å². The zero-order valence-corrected chi connectivity index (χ0v) is 18.0. The number of alkyl halides is 3. The van der Waals surface area contributed by atoms with Crippen molar-refractivity contribution in [1.29, 1.82) is 0 Å². The third kappa shape index (κ3) is 4.84. The zero-order valence-electron chi connectivity index (χ0n) is 18.0. The number of nitrogens with one attached hydrogen (secondary N) is 1. The first-order valence-electron chi connectivity index (χ1n) is 10.3. The van der Waals surface area contributed by atoms with Crippen LogP contribution in [0.1, 0.15) is 27.7 Å². The number of pyridine rings is 2. The molecule has 2 N–H and O–H groups in total. The summed E-state index contributed by atoms with van der Waals surface area (Å²) in [6, 6.07) is 14.2. The van der Waals surface area contributed by atoms with E-state index in [0.717, 1.165) is 12.1 Å². The monoisotopic (exact) mass is 467 g/mol. The number of carbonyl (C=O) groups is 1. The standard InChI is InChI=1S/C25H20F3N3O3/c1-34-19-11-16-10-17(24(33)31-22(14-32)21-4-2-3-9-29-21)13-30-23(16)20(12-19)15-5-7-18(8-6-15)25(26,27)28/h2-13,22,32H,14H2,1H3,(H,31,33). The third-order valence-electron chi connectivity index (χ3n) is 5.31. The van der Waals surface area contributed by atoms with E-state index in [1.165, 1.54) is 25.4 Å². The highest BCUT2D eigenvalue weighted by atomic mass is 19.4. The minimum atomic E-state index is -4.43. The van der Waals surface area contributed by atoms with Gasteiger partial charge in [-0.05, 0) is 48.0 Å². The first kappa shape index (κ1) is 23.2. The maximum absolute atomic E-state index is 12.9. The predicted octanol–water partition coefficient (Wildman–Crippen LogP) is 4.79.